The number of nitrogens with zero attached hydrogens (tertiary/aromatic N) is 4. The summed E-state index contributed by atoms with van der Waals surface area (Å²) >= 11 is 0. The first-order valence-electron chi connectivity index (χ1n) is 14.3. The molecule has 6 nitrogen and oxygen atoms in total. The highest BCUT2D eigenvalue weighted by Crippen LogP contribution is 2.42. The molecule has 0 amide bonds. The average Bonchev–Trinajstić information content (AvgIpc) is 3.69. The number of likely N-dealkylation sites (tertiary alicyclic amines) is 2. The molecule has 0 radical (unpaired) electrons. The van der Waals surface area contributed by atoms with Crippen molar-refractivity contribution in [1.29, 1.82) is 0 Å². The smallest absolute Gasteiger partial charge is 0.106 e. The third kappa shape index (κ3) is 5.60. The van der Waals surface area contributed by atoms with Crippen molar-refractivity contribution < 1.29 is 0 Å². The van der Waals surface area contributed by atoms with Gasteiger partial charge in [0.15, 0.2) is 0 Å². The number of imidazole rings is 2. The molecule has 2 N–H and O–H groups in total. The molecule has 3 aliphatic rings. The molecular weight excluding hydrogens is 444 g/mol. The fourth-order valence-corrected chi connectivity index (χ4v) is 7.13. The number of rotatable bonds is 8. The summed E-state index contributed by atoms with van der Waals surface area (Å²) < 4.78 is 0. The number of piperidine rings is 1. The first kappa shape index (κ1) is 23.9. The summed E-state index contributed by atoms with van der Waals surface area (Å²) in [5, 5.41) is 0. The van der Waals surface area contributed by atoms with Crippen LogP contribution in [0.1, 0.15) is 80.1 Å². The molecular formula is C30H42N6. The maximum absolute atomic E-state index is 4.47. The Morgan fingerprint density at radius 1 is 0.833 bits per heavy atom. The summed E-state index contributed by atoms with van der Waals surface area (Å²) in [6.07, 6.45) is 20.7. The molecule has 6 rings (SSSR count). The number of nitrogens with one attached hydrogen (secondary N) is 2. The normalized spacial score (nSPS) is 21.6. The predicted octanol–water partition coefficient (Wildman–Crippen LogP) is 5.32. The molecule has 4 heterocycles. The van der Waals surface area contributed by atoms with E-state index in [1.165, 1.54) is 88.7 Å². The van der Waals surface area contributed by atoms with Crippen molar-refractivity contribution in [2.45, 2.75) is 82.7 Å². The van der Waals surface area contributed by atoms with Crippen molar-refractivity contribution in [3.8, 4) is 0 Å². The summed E-state index contributed by atoms with van der Waals surface area (Å²) in [5.74, 6) is 2.42. The number of hydrogen-bond acceptors (Lipinski definition) is 4. The Hall–Kier alpha value is -2.44. The van der Waals surface area contributed by atoms with Crippen LogP contribution in [0.2, 0.25) is 0 Å². The fraction of sp³-hybridized carbons (Fsp3) is 0.600. The number of hydrogen-bond donors (Lipinski definition) is 2. The lowest BCUT2D eigenvalue weighted by Crippen LogP contribution is -2.46. The zero-order chi connectivity index (χ0) is 24.2. The first-order valence-corrected chi connectivity index (χ1v) is 14.3. The van der Waals surface area contributed by atoms with Crippen LogP contribution in [0.5, 0.6) is 0 Å². The first-order chi connectivity index (χ1) is 17.7. The average molecular weight is 487 g/mol. The third-order valence-corrected chi connectivity index (χ3v) is 9.31. The van der Waals surface area contributed by atoms with E-state index in [1.807, 2.05) is 24.8 Å². The van der Waals surface area contributed by atoms with E-state index in [4.69, 9.17) is 0 Å². The van der Waals surface area contributed by atoms with Crippen LogP contribution in [0.15, 0.2) is 49.1 Å². The maximum atomic E-state index is 4.47. The van der Waals surface area contributed by atoms with Gasteiger partial charge in [-0.2, -0.15) is 0 Å². The topological polar surface area (TPSA) is 63.8 Å². The van der Waals surface area contributed by atoms with E-state index in [1.54, 1.807) is 0 Å². The summed E-state index contributed by atoms with van der Waals surface area (Å²) in [7, 11) is 0. The molecule has 1 spiro atoms. The number of benzene rings is 1. The van der Waals surface area contributed by atoms with Gasteiger partial charge in [-0.15, -0.1) is 0 Å². The van der Waals surface area contributed by atoms with E-state index in [0.717, 1.165) is 37.1 Å². The van der Waals surface area contributed by atoms with Gasteiger partial charge in [0, 0.05) is 56.8 Å². The van der Waals surface area contributed by atoms with E-state index in [0.29, 0.717) is 11.3 Å². The van der Waals surface area contributed by atoms with Gasteiger partial charge in [-0.1, -0.05) is 43.5 Å². The van der Waals surface area contributed by atoms with Gasteiger partial charge in [-0.3, -0.25) is 4.90 Å². The highest BCUT2D eigenvalue weighted by molar-refractivity contribution is 5.27. The van der Waals surface area contributed by atoms with Gasteiger partial charge >= 0.3 is 0 Å². The van der Waals surface area contributed by atoms with Crippen molar-refractivity contribution in [3.63, 3.8) is 0 Å². The van der Waals surface area contributed by atoms with E-state index in [2.05, 4.69) is 54.0 Å². The van der Waals surface area contributed by atoms with Gasteiger partial charge in [0.05, 0.1) is 0 Å². The third-order valence-electron chi connectivity index (χ3n) is 9.31. The van der Waals surface area contributed by atoms with E-state index in [-0.39, 0.29) is 0 Å². The number of H-pyrrole nitrogens is 2. The van der Waals surface area contributed by atoms with Crippen LogP contribution in [0.4, 0.5) is 0 Å². The lowest BCUT2D eigenvalue weighted by atomic mass is 9.77. The summed E-state index contributed by atoms with van der Waals surface area (Å²) in [5.41, 5.74) is 3.37. The van der Waals surface area contributed by atoms with E-state index in [9.17, 15) is 0 Å². The minimum atomic E-state index is 0.348. The van der Waals surface area contributed by atoms with E-state index >= 15 is 0 Å². The van der Waals surface area contributed by atoms with Crippen molar-refractivity contribution in [1.82, 2.24) is 29.7 Å². The van der Waals surface area contributed by atoms with Crippen LogP contribution < -0.4 is 0 Å². The molecule has 2 aliphatic heterocycles. The molecule has 192 valence electrons. The molecule has 6 heteroatoms. The molecule has 3 fully saturated rings. The fourth-order valence-electron chi connectivity index (χ4n) is 7.13. The largest absolute Gasteiger partial charge is 0.349 e. The standard InChI is InChI=1S/C30H42N6/c1-2-4-27(5-3-1)36-18-11-30(12-19-36)10-17-35(23-30)22-24-6-8-25(9-7-24)26(20-28-31-13-14-32-28)21-29-33-15-16-34-29/h6-9,13-16,26-27H,1-5,10-12,17-23H2,(H,31,32)(H,33,34). The predicted molar refractivity (Wildman–Crippen MR) is 144 cm³/mol. The molecule has 0 atom stereocenters. The van der Waals surface area contributed by atoms with Gasteiger partial charge in [-0.05, 0) is 74.2 Å². The lowest BCUT2D eigenvalue weighted by molar-refractivity contribution is 0.0615. The van der Waals surface area contributed by atoms with Crippen molar-refractivity contribution >= 4 is 0 Å². The monoisotopic (exact) mass is 486 g/mol. The Balaban J connectivity index is 1.04. The van der Waals surface area contributed by atoms with Crippen LogP contribution in [0.25, 0.3) is 0 Å². The van der Waals surface area contributed by atoms with Crippen LogP contribution in [0, 0.1) is 5.41 Å². The number of aromatic nitrogens is 4. The summed E-state index contributed by atoms with van der Waals surface area (Å²) in [6.45, 7) is 6.28. The second-order valence-corrected chi connectivity index (χ2v) is 11.7. The van der Waals surface area contributed by atoms with Crippen LogP contribution in [-0.4, -0.2) is 62.0 Å². The van der Waals surface area contributed by atoms with Crippen molar-refractivity contribution in [2.24, 2.45) is 5.41 Å². The molecule has 1 aliphatic carbocycles. The Bertz CT molecular complexity index is 1010. The quantitative estimate of drug-likeness (QED) is 0.452. The molecule has 2 aromatic heterocycles. The molecule has 36 heavy (non-hydrogen) atoms. The van der Waals surface area contributed by atoms with Gasteiger partial charge < -0.3 is 14.9 Å². The Labute approximate surface area is 215 Å². The minimum absolute atomic E-state index is 0.348. The SMILES string of the molecule is c1c[nH]c(CC(Cc2ncc[nH]2)c2ccc(CN3CCC4(CCN(C5CCCCC5)CC4)C3)cc2)n1. The Morgan fingerprint density at radius 3 is 2.08 bits per heavy atom. The summed E-state index contributed by atoms with van der Waals surface area (Å²) in [6, 6.07) is 10.3. The molecule has 0 bridgehead atoms. The lowest BCUT2D eigenvalue weighted by Gasteiger charge is -2.43. The Morgan fingerprint density at radius 2 is 1.47 bits per heavy atom. The van der Waals surface area contributed by atoms with Crippen LogP contribution in [0.3, 0.4) is 0 Å². The maximum Gasteiger partial charge on any atom is 0.106 e. The minimum Gasteiger partial charge on any atom is -0.349 e. The number of aromatic amines is 2. The second kappa shape index (κ2) is 10.9. The van der Waals surface area contributed by atoms with Crippen LogP contribution >= 0.6 is 0 Å². The molecule has 0 unspecified atom stereocenters. The second-order valence-electron chi connectivity index (χ2n) is 11.7. The van der Waals surface area contributed by atoms with Gasteiger partial charge in [-0.25, -0.2) is 9.97 Å². The summed E-state index contributed by atoms with van der Waals surface area (Å²) in [4.78, 5) is 21.1. The van der Waals surface area contributed by atoms with E-state index < -0.39 is 0 Å². The highest BCUT2D eigenvalue weighted by Gasteiger charge is 2.41. The molecule has 1 saturated carbocycles. The molecule has 2 saturated heterocycles. The zero-order valence-electron chi connectivity index (χ0n) is 21.7. The van der Waals surface area contributed by atoms with Gasteiger partial charge in [0.1, 0.15) is 11.6 Å². The molecule has 3 aromatic rings. The van der Waals surface area contributed by atoms with Crippen LogP contribution in [-0.2, 0) is 19.4 Å². The zero-order valence-corrected chi connectivity index (χ0v) is 21.7. The van der Waals surface area contributed by atoms with Gasteiger partial charge in [0.2, 0.25) is 0 Å². The van der Waals surface area contributed by atoms with Crippen molar-refractivity contribution in [2.75, 3.05) is 26.2 Å². The molecule has 1 aromatic carbocycles. The Kier molecular flexibility index (Phi) is 7.24. The highest BCUT2D eigenvalue weighted by atomic mass is 15.2. The van der Waals surface area contributed by atoms with Crippen molar-refractivity contribution in [3.05, 3.63) is 71.8 Å². The van der Waals surface area contributed by atoms with Gasteiger partial charge in [0.25, 0.3) is 0 Å².